The van der Waals surface area contributed by atoms with Crippen molar-refractivity contribution in [3.05, 3.63) is 53.3 Å². The second kappa shape index (κ2) is 9.15. The molecular formula is C20H24ClN3O3. The maximum atomic E-state index is 12.6. The van der Waals surface area contributed by atoms with Crippen molar-refractivity contribution in [3.63, 3.8) is 0 Å². The molecule has 144 valence electrons. The molecule has 6 nitrogen and oxygen atoms in total. The number of ether oxygens (including phenoxy) is 2. The highest BCUT2D eigenvalue weighted by atomic mass is 35.5. The van der Waals surface area contributed by atoms with Gasteiger partial charge in [-0.1, -0.05) is 41.9 Å². The summed E-state index contributed by atoms with van der Waals surface area (Å²) in [5.41, 5.74) is 0.798. The predicted octanol–water partition coefficient (Wildman–Crippen LogP) is 3.67. The van der Waals surface area contributed by atoms with Crippen LogP contribution in [-0.2, 0) is 14.3 Å². The van der Waals surface area contributed by atoms with Gasteiger partial charge < -0.3 is 14.4 Å². The molecular weight excluding hydrogens is 366 g/mol. The van der Waals surface area contributed by atoms with Crippen molar-refractivity contribution < 1.29 is 14.3 Å². The van der Waals surface area contributed by atoms with Gasteiger partial charge in [0.25, 0.3) is 0 Å². The minimum absolute atomic E-state index is 0.174. The first kappa shape index (κ1) is 19.6. The van der Waals surface area contributed by atoms with Crippen molar-refractivity contribution in [2.75, 3.05) is 25.1 Å². The Labute approximate surface area is 164 Å². The third-order valence-electron chi connectivity index (χ3n) is 4.95. The van der Waals surface area contributed by atoms with Crippen LogP contribution in [0.15, 0.2) is 42.7 Å². The van der Waals surface area contributed by atoms with Crippen molar-refractivity contribution in [1.29, 1.82) is 0 Å². The maximum absolute atomic E-state index is 12.6. The predicted molar refractivity (Wildman–Crippen MR) is 104 cm³/mol. The molecule has 1 fully saturated rings. The Kier molecular flexibility index (Phi) is 6.63. The number of nitrogens with zero attached hydrogens (tertiary/aromatic N) is 3. The lowest BCUT2D eigenvalue weighted by molar-refractivity contribution is -0.163. The zero-order valence-electron chi connectivity index (χ0n) is 15.5. The summed E-state index contributed by atoms with van der Waals surface area (Å²) in [7, 11) is 1.52. The molecule has 0 saturated carbocycles. The van der Waals surface area contributed by atoms with Crippen molar-refractivity contribution in [2.45, 2.75) is 32.0 Å². The van der Waals surface area contributed by atoms with Crippen LogP contribution in [0, 0.1) is 5.92 Å². The van der Waals surface area contributed by atoms with Crippen LogP contribution in [0.4, 0.5) is 5.95 Å². The number of anilines is 1. The summed E-state index contributed by atoms with van der Waals surface area (Å²) in [5.74, 6) is 0.636. The van der Waals surface area contributed by atoms with Crippen molar-refractivity contribution in [2.24, 2.45) is 5.92 Å². The van der Waals surface area contributed by atoms with Gasteiger partial charge in [-0.2, -0.15) is 0 Å². The van der Waals surface area contributed by atoms with E-state index in [2.05, 4.69) is 14.9 Å². The van der Waals surface area contributed by atoms with Gasteiger partial charge in [-0.25, -0.2) is 14.8 Å². The first-order valence-electron chi connectivity index (χ1n) is 9.09. The average Bonchev–Trinajstić information content (AvgIpc) is 2.70. The lowest BCUT2D eigenvalue weighted by atomic mass is 9.92. The van der Waals surface area contributed by atoms with E-state index in [-0.39, 0.29) is 12.1 Å². The van der Waals surface area contributed by atoms with Crippen molar-refractivity contribution in [3.8, 4) is 0 Å². The monoisotopic (exact) mass is 389 g/mol. The molecule has 2 aromatic rings. The molecule has 1 aromatic carbocycles. The van der Waals surface area contributed by atoms with Gasteiger partial charge in [0.15, 0.2) is 6.10 Å². The van der Waals surface area contributed by atoms with E-state index in [1.54, 1.807) is 12.4 Å². The van der Waals surface area contributed by atoms with Gasteiger partial charge in [0.05, 0.1) is 17.4 Å². The van der Waals surface area contributed by atoms with Gasteiger partial charge in [0, 0.05) is 20.2 Å². The Balaban J connectivity index is 1.53. The second-order valence-electron chi connectivity index (χ2n) is 6.69. The number of hydrogen-bond donors (Lipinski definition) is 0. The zero-order valence-corrected chi connectivity index (χ0v) is 16.3. The van der Waals surface area contributed by atoms with Crippen LogP contribution in [0.5, 0.6) is 0 Å². The number of hydrogen-bond acceptors (Lipinski definition) is 6. The van der Waals surface area contributed by atoms with E-state index in [1.165, 1.54) is 7.11 Å². The number of benzene rings is 1. The van der Waals surface area contributed by atoms with E-state index in [1.807, 2.05) is 37.3 Å². The number of carbonyl (C=O) groups excluding carboxylic acids is 1. The lowest BCUT2D eigenvalue weighted by Gasteiger charge is -2.34. The Hall–Kier alpha value is -2.18. The highest BCUT2D eigenvalue weighted by Gasteiger charge is 2.30. The van der Waals surface area contributed by atoms with Crippen LogP contribution >= 0.6 is 11.6 Å². The number of esters is 1. The molecule has 27 heavy (non-hydrogen) atoms. The van der Waals surface area contributed by atoms with Gasteiger partial charge in [0.2, 0.25) is 5.95 Å². The SMILES string of the molecule is COC(C(=O)O[C@H](C)C1CCN(c2ncc(Cl)cn2)CC1)c1ccccc1. The summed E-state index contributed by atoms with van der Waals surface area (Å²) in [6.45, 7) is 3.59. The summed E-state index contributed by atoms with van der Waals surface area (Å²) in [5, 5.41) is 0.528. The summed E-state index contributed by atoms with van der Waals surface area (Å²) in [4.78, 5) is 23.2. The second-order valence-corrected chi connectivity index (χ2v) is 7.13. The summed E-state index contributed by atoms with van der Waals surface area (Å²) >= 11 is 5.84. The molecule has 0 bridgehead atoms. The van der Waals surface area contributed by atoms with Crippen molar-refractivity contribution >= 4 is 23.5 Å². The quantitative estimate of drug-likeness (QED) is 0.702. The molecule has 0 spiro atoms. The Bertz CT molecular complexity index is 734. The lowest BCUT2D eigenvalue weighted by Crippen LogP contribution is -2.39. The Morgan fingerprint density at radius 2 is 1.81 bits per heavy atom. The van der Waals surface area contributed by atoms with Crippen LogP contribution in [0.2, 0.25) is 5.02 Å². The first-order valence-corrected chi connectivity index (χ1v) is 9.47. The number of halogens is 1. The highest BCUT2D eigenvalue weighted by molar-refractivity contribution is 6.30. The molecule has 1 saturated heterocycles. The molecule has 1 unspecified atom stereocenters. The first-order chi connectivity index (χ1) is 13.1. The fourth-order valence-electron chi connectivity index (χ4n) is 3.38. The van der Waals surface area contributed by atoms with E-state index >= 15 is 0 Å². The largest absolute Gasteiger partial charge is 0.460 e. The number of piperidine rings is 1. The van der Waals surface area contributed by atoms with Crippen LogP contribution in [0.1, 0.15) is 31.4 Å². The molecule has 1 aromatic heterocycles. The molecule has 1 aliphatic heterocycles. The topological polar surface area (TPSA) is 64.6 Å². The van der Waals surface area contributed by atoms with Crippen LogP contribution < -0.4 is 4.90 Å². The highest BCUT2D eigenvalue weighted by Crippen LogP contribution is 2.27. The van der Waals surface area contributed by atoms with Crippen molar-refractivity contribution in [1.82, 2.24) is 9.97 Å². The van der Waals surface area contributed by atoms with Gasteiger partial charge in [0.1, 0.15) is 6.10 Å². The third-order valence-corrected chi connectivity index (χ3v) is 5.14. The fraction of sp³-hybridized carbons (Fsp3) is 0.450. The molecule has 0 aliphatic carbocycles. The van der Waals surface area contributed by atoms with Crippen LogP contribution in [-0.4, -0.2) is 42.2 Å². The van der Waals surface area contributed by atoms with Gasteiger partial charge >= 0.3 is 5.97 Å². The molecule has 0 N–H and O–H groups in total. The summed E-state index contributed by atoms with van der Waals surface area (Å²) in [6.07, 6.45) is 4.15. The van der Waals surface area contributed by atoms with E-state index < -0.39 is 6.10 Å². The smallest absolute Gasteiger partial charge is 0.340 e. The number of rotatable bonds is 6. The van der Waals surface area contributed by atoms with Crippen LogP contribution in [0.3, 0.4) is 0 Å². The van der Waals surface area contributed by atoms with E-state index in [0.29, 0.717) is 16.9 Å². The standard InChI is InChI=1S/C20H24ClN3O3/c1-14(27-19(25)18(26-2)16-6-4-3-5-7-16)15-8-10-24(11-9-15)20-22-12-17(21)13-23-20/h3-7,12-15,18H,8-11H2,1-2H3/t14-,18?/m1/s1. The number of aromatic nitrogens is 2. The van der Waals surface area contributed by atoms with Gasteiger partial charge in [-0.15, -0.1) is 0 Å². The van der Waals surface area contributed by atoms with E-state index in [0.717, 1.165) is 31.5 Å². The summed E-state index contributed by atoms with van der Waals surface area (Å²) in [6, 6.07) is 9.40. The molecule has 0 radical (unpaired) electrons. The maximum Gasteiger partial charge on any atom is 0.340 e. The summed E-state index contributed by atoms with van der Waals surface area (Å²) < 4.78 is 11.1. The molecule has 0 amide bonds. The zero-order chi connectivity index (χ0) is 19.2. The van der Waals surface area contributed by atoms with Gasteiger partial charge in [-0.05, 0) is 31.2 Å². The minimum Gasteiger partial charge on any atom is -0.460 e. The van der Waals surface area contributed by atoms with Gasteiger partial charge in [-0.3, -0.25) is 0 Å². The number of methoxy groups -OCH3 is 1. The Morgan fingerprint density at radius 1 is 1.19 bits per heavy atom. The average molecular weight is 390 g/mol. The molecule has 7 heteroatoms. The fourth-order valence-corrected chi connectivity index (χ4v) is 3.47. The molecule has 2 atom stereocenters. The molecule has 3 rings (SSSR count). The van der Waals surface area contributed by atoms with E-state index in [9.17, 15) is 4.79 Å². The normalized spacial score (nSPS) is 17.4. The van der Waals surface area contributed by atoms with E-state index in [4.69, 9.17) is 21.1 Å². The number of carbonyl (C=O) groups is 1. The van der Waals surface area contributed by atoms with Crippen LogP contribution in [0.25, 0.3) is 0 Å². The third kappa shape index (κ3) is 4.96. The molecule has 1 aliphatic rings. The molecule has 2 heterocycles. The Morgan fingerprint density at radius 3 is 2.41 bits per heavy atom. The minimum atomic E-state index is -0.698.